The van der Waals surface area contributed by atoms with Crippen molar-refractivity contribution in [2.75, 3.05) is 0 Å². The second-order valence-corrected chi connectivity index (χ2v) is 7.25. The van der Waals surface area contributed by atoms with Crippen LogP contribution in [0.5, 0.6) is 5.75 Å². The molecule has 1 heterocycles. The molecule has 28 heavy (non-hydrogen) atoms. The zero-order valence-corrected chi connectivity index (χ0v) is 16.7. The summed E-state index contributed by atoms with van der Waals surface area (Å²) < 4.78 is 8.18. The molecule has 0 amide bonds. The first-order chi connectivity index (χ1) is 13.7. The van der Waals surface area contributed by atoms with Crippen LogP contribution in [0.4, 0.5) is 0 Å². The summed E-state index contributed by atoms with van der Waals surface area (Å²) in [5, 5.41) is 0. The summed E-state index contributed by atoms with van der Waals surface area (Å²) in [6.07, 6.45) is 3.50. The van der Waals surface area contributed by atoms with E-state index in [2.05, 4.69) is 40.2 Å². The lowest BCUT2D eigenvalue weighted by molar-refractivity contribution is 0.301. The molecule has 3 nitrogen and oxygen atoms in total. The van der Waals surface area contributed by atoms with Crippen LogP contribution in [0.25, 0.3) is 16.8 Å². The fraction of sp³-hybridized carbons (Fsp3) is 0.0417. The van der Waals surface area contributed by atoms with Gasteiger partial charge in [-0.25, -0.2) is 0 Å². The van der Waals surface area contributed by atoms with Crippen LogP contribution in [-0.2, 0) is 6.61 Å². The van der Waals surface area contributed by atoms with E-state index in [9.17, 15) is 4.79 Å². The van der Waals surface area contributed by atoms with E-state index in [1.165, 1.54) is 0 Å². The van der Waals surface area contributed by atoms with Gasteiger partial charge in [0.25, 0.3) is 0 Å². The second kappa shape index (κ2) is 8.28. The lowest BCUT2D eigenvalue weighted by Crippen LogP contribution is -2.12. The van der Waals surface area contributed by atoms with Gasteiger partial charge in [-0.1, -0.05) is 72.8 Å². The molecule has 138 valence electrons. The molecule has 0 aliphatic rings. The third-order valence-corrected chi connectivity index (χ3v) is 5.00. The fourth-order valence-corrected chi connectivity index (χ4v) is 3.40. The van der Waals surface area contributed by atoms with E-state index in [1.807, 2.05) is 65.2 Å². The number of rotatable bonds is 5. The van der Waals surface area contributed by atoms with Crippen molar-refractivity contribution in [3.63, 3.8) is 0 Å². The minimum Gasteiger partial charge on any atom is -0.483 e. The Labute approximate surface area is 172 Å². The molecule has 0 fully saturated rings. The highest BCUT2D eigenvalue weighted by Gasteiger charge is 2.09. The van der Waals surface area contributed by atoms with Crippen molar-refractivity contribution in [1.82, 2.24) is 4.57 Å². The highest BCUT2D eigenvalue weighted by molar-refractivity contribution is 9.10. The summed E-state index contributed by atoms with van der Waals surface area (Å²) in [6, 6.07) is 28.2. The first kappa shape index (κ1) is 18.3. The number of aromatic nitrogens is 1. The molecule has 0 spiro atoms. The summed E-state index contributed by atoms with van der Waals surface area (Å²) in [5.41, 5.74) is 4.06. The maximum atomic E-state index is 12.5. The highest BCUT2D eigenvalue weighted by atomic mass is 79.9. The Bertz CT molecular complexity index is 1140. The molecule has 4 heteroatoms. The maximum Gasteiger partial charge on any atom is 0.237 e. The van der Waals surface area contributed by atoms with Gasteiger partial charge in [0.2, 0.25) is 5.43 Å². The number of ether oxygens (including phenoxy) is 1. The Morgan fingerprint density at radius 2 is 1.46 bits per heavy atom. The molecular formula is C24H18BrNO2. The number of pyridine rings is 1. The minimum absolute atomic E-state index is 0.161. The molecule has 0 aliphatic heterocycles. The quantitative estimate of drug-likeness (QED) is 0.397. The first-order valence-electron chi connectivity index (χ1n) is 8.95. The molecule has 0 N–H and O–H groups in total. The Balaban J connectivity index is 1.67. The number of benzene rings is 3. The van der Waals surface area contributed by atoms with E-state index in [-0.39, 0.29) is 5.43 Å². The average molecular weight is 432 g/mol. The lowest BCUT2D eigenvalue weighted by Gasteiger charge is -2.13. The Morgan fingerprint density at radius 1 is 0.786 bits per heavy atom. The number of nitrogens with zero attached hydrogens (tertiary/aromatic N) is 1. The van der Waals surface area contributed by atoms with Crippen molar-refractivity contribution in [1.29, 1.82) is 0 Å². The zero-order chi connectivity index (χ0) is 19.3. The van der Waals surface area contributed by atoms with Gasteiger partial charge in [0.05, 0.1) is 10.7 Å². The summed E-state index contributed by atoms with van der Waals surface area (Å²) in [5.74, 6) is 0.309. The predicted molar refractivity (Wildman–Crippen MR) is 116 cm³/mol. The molecule has 4 rings (SSSR count). The SMILES string of the molecule is O=c1c(Br)cn(-c2cccc(-c3ccccc3)c2)cc1OCc1ccccc1. The van der Waals surface area contributed by atoms with Crippen LogP contribution < -0.4 is 10.2 Å². The Hall–Kier alpha value is -3.11. The van der Waals surface area contributed by atoms with Gasteiger partial charge in [0, 0.05) is 11.9 Å². The highest BCUT2D eigenvalue weighted by Crippen LogP contribution is 2.23. The monoisotopic (exact) mass is 431 g/mol. The van der Waals surface area contributed by atoms with Gasteiger partial charge in [0.1, 0.15) is 6.61 Å². The van der Waals surface area contributed by atoms with Gasteiger partial charge in [-0.05, 0) is 44.8 Å². The molecule has 0 bridgehead atoms. The molecule has 0 aliphatic carbocycles. The fourth-order valence-electron chi connectivity index (χ4n) is 2.98. The van der Waals surface area contributed by atoms with Gasteiger partial charge in [-0.2, -0.15) is 0 Å². The average Bonchev–Trinajstić information content (AvgIpc) is 2.76. The van der Waals surface area contributed by atoms with Crippen LogP contribution in [0.2, 0.25) is 0 Å². The van der Waals surface area contributed by atoms with Crippen molar-refractivity contribution >= 4 is 15.9 Å². The van der Waals surface area contributed by atoms with E-state index >= 15 is 0 Å². The minimum atomic E-state index is -0.161. The lowest BCUT2D eigenvalue weighted by atomic mass is 10.1. The largest absolute Gasteiger partial charge is 0.483 e. The van der Waals surface area contributed by atoms with Crippen LogP contribution in [0.3, 0.4) is 0 Å². The summed E-state index contributed by atoms with van der Waals surface area (Å²) in [6.45, 7) is 0.344. The van der Waals surface area contributed by atoms with Crippen LogP contribution in [0, 0.1) is 0 Å². The number of hydrogen-bond acceptors (Lipinski definition) is 2. The van der Waals surface area contributed by atoms with Crippen LogP contribution in [-0.4, -0.2) is 4.57 Å². The van der Waals surface area contributed by atoms with E-state index < -0.39 is 0 Å². The summed E-state index contributed by atoms with van der Waals surface area (Å²) in [7, 11) is 0. The smallest absolute Gasteiger partial charge is 0.237 e. The van der Waals surface area contributed by atoms with Crippen molar-refractivity contribution in [3.8, 4) is 22.6 Å². The van der Waals surface area contributed by atoms with Crippen LogP contribution >= 0.6 is 15.9 Å². The predicted octanol–water partition coefficient (Wildman–Crippen LogP) is 5.85. The van der Waals surface area contributed by atoms with E-state index in [0.717, 1.165) is 22.4 Å². The molecule has 0 saturated carbocycles. The normalized spacial score (nSPS) is 10.6. The molecule has 1 aromatic heterocycles. The van der Waals surface area contributed by atoms with Crippen molar-refractivity contribution < 1.29 is 4.74 Å². The van der Waals surface area contributed by atoms with Gasteiger partial charge in [-0.3, -0.25) is 4.79 Å². The molecule has 4 aromatic rings. The van der Waals surface area contributed by atoms with Crippen molar-refractivity contribution in [3.05, 3.63) is 118 Å². The molecule has 0 radical (unpaired) electrons. The van der Waals surface area contributed by atoms with Gasteiger partial charge >= 0.3 is 0 Å². The van der Waals surface area contributed by atoms with Crippen LogP contribution in [0.15, 0.2) is 107 Å². The second-order valence-electron chi connectivity index (χ2n) is 6.40. The molecule has 3 aromatic carbocycles. The molecule has 0 unspecified atom stereocenters. The topological polar surface area (TPSA) is 31.2 Å². The number of halogens is 1. The van der Waals surface area contributed by atoms with E-state index in [4.69, 9.17) is 4.74 Å². The van der Waals surface area contributed by atoms with Gasteiger partial charge < -0.3 is 9.30 Å². The van der Waals surface area contributed by atoms with Crippen LogP contribution in [0.1, 0.15) is 5.56 Å². The van der Waals surface area contributed by atoms with Crippen molar-refractivity contribution in [2.45, 2.75) is 6.61 Å². The summed E-state index contributed by atoms with van der Waals surface area (Å²) in [4.78, 5) is 12.5. The molecular weight excluding hydrogens is 414 g/mol. The third kappa shape index (κ3) is 4.07. The van der Waals surface area contributed by atoms with E-state index in [1.54, 1.807) is 12.4 Å². The first-order valence-corrected chi connectivity index (χ1v) is 9.74. The zero-order valence-electron chi connectivity index (χ0n) is 15.1. The maximum absolute atomic E-state index is 12.5. The van der Waals surface area contributed by atoms with Gasteiger partial charge in [0.15, 0.2) is 5.75 Å². The van der Waals surface area contributed by atoms with E-state index in [0.29, 0.717) is 16.8 Å². The van der Waals surface area contributed by atoms with Gasteiger partial charge in [-0.15, -0.1) is 0 Å². The van der Waals surface area contributed by atoms with Crippen molar-refractivity contribution in [2.24, 2.45) is 0 Å². The third-order valence-electron chi connectivity index (χ3n) is 4.44. The summed E-state index contributed by atoms with van der Waals surface area (Å²) >= 11 is 3.37. The molecule has 0 saturated heterocycles. The Morgan fingerprint density at radius 3 is 2.21 bits per heavy atom. The Kier molecular flexibility index (Phi) is 5.40. The molecule has 0 atom stereocenters. The number of hydrogen-bond donors (Lipinski definition) is 0. The standard InChI is InChI=1S/C24H18BrNO2/c25-22-15-26(16-23(24(22)27)28-17-18-8-3-1-4-9-18)21-13-7-12-20(14-21)19-10-5-2-6-11-19/h1-16H,17H2.